The molecule has 2 unspecified atom stereocenters. The summed E-state index contributed by atoms with van der Waals surface area (Å²) in [5.74, 6) is 0.594. The van der Waals surface area contributed by atoms with Crippen LogP contribution in [-0.2, 0) is 0 Å². The molecule has 0 aromatic carbocycles. The van der Waals surface area contributed by atoms with Gasteiger partial charge in [-0.05, 0) is 32.2 Å². The van der Waals surface area contributed by atoms with Crippen LogP contribution >= 0.6 is 0 Å². The van der Waals surface area contributed by atoms with E-state index >= 15 is 0 Å². The lowest BCUT2D eigenvalue weighted by molar-refractivity contribution is 0.0296. The summed E-state index contributed by atoms with van der Waals surface area (Å²) < 4.78 is 0. The Kier molecular flexibility index (Phi) is 4.69. The van der Waals surface area contributed by atoms with Crippen molar-refractivity contribution < 1.29 is 5.11 Å². The molecule has 0 amide bonds. The van der Waals surface area contributed by atoms with Crippen LogP contribution in [0.25, 0.3) is 0 Å². The summed E-state index contributed by atoms with van der Waals surface area (Å²) in [5, 5.41) is 9.74. The molecule has 0 rings (SSSR count). The van der Waals surface area contributed by atoms with Crippen molar-refractivity contribution in [3.63, 3.8) is 0 Å². The molecule has 0 heterocycles. The van der Waals surface area contributed by atoms with Crippen LogP contribution in [0.5, 0.6) is 0 Å². The molecule has 2 heteroatoms. The molecule has 11 heavy (non-hydrogen) atoms. The topological polar surface area (TPSA) is 46.2 Å². The average molecular weight is 159 g/mol. The molecule has 0 bridgehead atoms. The summed E-state index contributed by atoms with van der Waals surface area (Å²) in [4.78, 5) is 0. The quantitative estimate of drug-likeness (QED) is 0.639. The summed E-state index contributed by atoms with van der Waals surface area (Å²) >= 11 is 0. The van der Waals surface area contributed by atoms with Crippen molar-refractivity contribution in [2.75, 3.05) is 6.54 Å². The zero-order valence-corrected chi connectivity index (χ0v) is 7.93. The van der Waals surface area contributed by atoms with Crippen molar-refractivity contribution in [2.24, 2.45) is 11.7 Å². The van der Waals surface area contributed by atoms with Gasteiger partial charge in [0.1, 0.15) is 0 Å². The number of nitrogens with two attached hydrogens (primary N) is 1. The van der Waals surface area contributed by atoms with Crippen LogP contribution in [-0.4, -0.2) is 17.3 Å². The monoisotopic (exact) mass is 159 g/mol. The fourth-order valence-electron chi connectivity index (χ4n) is 1.31. The van der Waals surface area contributed by atoms with Gasteiger partial charge in [-0.25, -0.2) is 0 Å². The molecule has 0 spiro atoms. The van der Waals surface area contributed by atoms with Crippen LogP contribution in [0.2, 0.25) is 0 Å². The molecule has 0 radical (unpaired) electrons. The van der Waals surface area contributed by atoms with Gasteiger partial charge in [0.15, 0.2) is 0 Å². The van der Waals surface area contributed by atoms with Crippen LogP contribution in [0.15, 0.2) is 0 Å². The molecule has 0 aliphatic heterocycles. The predicted molar refractivity (Wildman–Crippen MR) is 48.4 cm³/mol. The SMILES string of the molecule is CCC(C)CC(C)(O)CCN. The molecule has 0 aromatic heterocycles. The van der Waals surface area contributed by atoms with E-state index in [0.29, 0.717) is 18.9 Å². The fourth-order valence-corrected chi connectivity index (χ4v) is 1.31. The fraction of sp³-hybridized carbons (Fsp3) is 1.00. The van der Waals surface area contributed by atoms with Gasteiger partial charge in [-0.1, -0.05) is 20.3 Å². The first-order chi connectivity index (χ1) is 5.02. The molecule has 0 aliphatic carbocycles. The minimum absolute atomic E-state index is 0.551. The standard InChI is InChI=1S/C9H21NO/c1-4-8(2)7-9(3,11)5-6-10/h8,11H,4-7,10H2,1-3H3. The molecule has 68 valence electrons. The lowest BCUT2D eigenvalue weighted by Gasteiger charge is -2.25. The van der Waals surface area contributed by atoms with E-state index in [-0.39, 0.29) is 0 Å². The average Bonchev–Trinajstić information content (AvgIpc) is 1.86. The Balaban J connectivity index is 3.70. The summed E-state index contributed by atoms with van der Waals surface area (Å²) in [6.07, 6.45) is 2.69. The van der Waals surface area contributed by atoms with Gasteiger partial charge in [-0.3, -0.25) is 0 Å². The van der Waals surface area contributed by atoms with Gasteiger partial charge in [0.05, 0.1) is 5.60 Å². The summed E-state index contributed by atoms with van der Waals surface area (Å²) in [6, 6.07) is 0. The molecule has 2 atom stereocenters. The van der Waals surface area contributed by atoms with Crippen molar-refractivity contribution >= 4 is 0 Å². The zero-order chi connectivity index (χ0) is 8.91. The minimum atomic E-state index is -0.551. The maximum Gasteiger partial charge on any atom is 0.0634 e. The Morgan fingerprint density at radius 1 is 1.55 bits per heavy atom. The highest BCUT2D eigenvalue weighted by atomic mass is 16.3. The van der Waals surface area contributed by atoms with Crippen LogP contribution in [0, 0.1) is 5.92 Å². The zero-order valence-electron chi connectivity index (χ0n) is 7.93. The van der Waals surface area contributed by atoms with Gasteiger partial charge in [0.25, 0.3) is 0 Å². The summed E-state index contributed by atoms with van der Waals surface area (Å²) in [5.41, 5.74) is 4.82. The van der Waals surface area contributed by atoms with Crippen LogP contribution in [0.4, 0.5) is 0 Å². The largest absolute Gasteiger partial charge is 0.390 e. The highest BCUT2D eigenvalue weighted by Crippen LogP contribution is 2.21. The number of rotatable bonds is 5. The van der Waals surface area contributed by atoms with E-state index in [0.717, 1.165) is 12.8 Å². The number of aliphatic hydroxyl groups is 1. The Labute approximate surface area is 69.8 Å². The van der Waals surface area contributed by atoms with Crippen molar-refractivity contribution in [3.8, 4) is 0 Å². The number of hydrogen-bond acceptors (Lipinski definition) is 2. The van der Waals surface area contributed by atoms with E-state index < -0.39 is 5.60 Å². The molecule has 2 nitrogen and oxygen atoms in total. The molecular weight excluding hydrogens is 138 g/mol. The van der Waals surface area contributed by atoms with E-state index in [1.807, 2.05) is 6.92 Å². The Morgan fingerprint density at radius 2 is 2.09 bits per heavy atom. The lowest BCUT2D eigenvalue weighted by atomic mass is 9.89. The first-order valence-electron chi connectivity index (χ1n) is 4.44. The molecule has 0 saturated carbocycles. The van der Waals surface area contributed by atoms with E-state index in [1.54, 1.807) is 0 Å². The minimum Gasteiger partial charge on any atom is -0.390 e. The molecule has 3 N–H and O–H groups in total. The number of hydrogen-bond donors (Lipinski definition) is 2. The van der Waals surface area contributed by atoms with Gasteiger partial charge in [0, 0.05) is 0 Å². The lowest BCUT2D eigenvalue weighted by Crippen LogP contribution is -2.29. The summed E-state index contributed by atoms with van der Waals surface area (Å²) in [7, 11) is 0. The highest BCUT2D eigenvalue weighted by Gasteiger charge is 2.21. The highest BCUT2D eigenvalue weighted by molar-refractivity contribution is 4.74. The van der Waals surface area contributed by atoms with Crippen LogP contribution in [0.3, 0.4) is 0 Å². The Hall–Kier alpha value is -0.0800. The maximum atomic E-state index is 9.74. The Morgan fingerprint density at radius 3 is 2.45 bits per heavy atom. The Bertz CT molecular complexity index is 102. The van der Waals surface area contributed by atoms with Gasteiger partial charge in [-0.2, -0.15) is 0 Å². The smallest absolute Gasteiger partial charge is 0.0634 e. The predicted octanol–water partition coefficient (Wildman–Crippen LogP) is 1.52. The van der Waals surface area contributed by atoms with E-state index in [2.05, 4.69) is 13.8 Å². The molecular formula is C9H21NO. The molecule has 0 aliphatic rings. The molecule has 0 fully saturated rings. The first-order valence-corrected chi connectivity index (χ1v) is 4.44. The first kappa shape index (κ1) is 10.9. The van der Waals surface area contributed by atoms with Crippen molar-refractivity contribution in [3.05, 3.63) is 0 Å². The van der Waals surface area contributed by atoms with Gasteiger partial charge < -0.3 is 10.8 Å². The maximum absolute atomic E-state index is 9.74. The van der Waals surface area contributed by atoms with E-state index in [9.17, 15) is 5.11 Å². The van der Waals surface area contributed by atoms with Crippen LogP contribution < -0.4 is 5.73 Å². The third-order valence-electron chi connectivity index (χ3n) is 2.17. The second-order valence-electron chi connectivity index (χ2n) is 3.75. The summed E-state index contributed by atoms with van der Waals surface area (Å²) in [6.45, 7) is 6.74. The normalized spacial score (nSPS) is 19.4. The van der Waals surface area contributed by atoms with Gasteiger partial charge in [0.2, 0.25) is 0 Å². The second-order valence-corrected chi connectivity index (χ2v) is 3.75. The van der Waals surface area contributed by atoms with Gasteiger partial charge in [-0.15, -0.1) is 0 Å². The van der Waals surface area contributed by atoms with Gasteiger partial charge >= 0.3 is 0 Å². The van der Waals surface area contributed by atoms with E-state index in [4.69, 9.17) is 5.73 Å². The van der Waals surface area contributed by atoms with Crippen molar-refractivity contribution in [2.45, 2.75) is 45.6 Å². The molecule has 0 saturated heterocycles. The third-order valence-corrected chi connectivity index (χ3v) is 2.17. The molecule has 0 aromatic rings. The second kappa shape index (κ2) is 4.73. The third kappa shape index (κ3) is 5.22. The van der Waals surface area contributed by atoms with Crippen molar-refractivity contribution in [1.82, 2.24) is 0 Å². The van der Waals surface area contributed by atoms with E-state index in [1.165, 1.54) is 0 Å². The van der Waals surface area contributed by atoms with Crippen molar-refractivity contribution in [1.29, 1.82) is 0 Å². The van der Waals surface area contributed by atoms with Crippen LogP contribution in [0.1, 0.15) is 40.0 Å².